The lowest BCUT2D eigenvalue weighted by Gasteiger charge is -2.23. The molecule has 1 aromatic carbocycles. The number of aromatic hydroxyl groups is 1. The predicted octanol–water partition coefficient (Wildman–Crippen LogP) is -1.29. The van der Waals surface area contributed by atoms with Gasteiger partial charge < -0.3 is 37.0 Å². The lowest BCUT2D eigenvalue weighted by atomic mass is 10.0. The van der Waals surface area contributed by atoms with E-state index in [1.807, 2.05) is 0 Å². The van der Waals surface area contributed by atoms with Gasteiger partial charge in [0.25, 0.3) is 0 Å². The van der Waals surface area contributed by atoms with Crippen molar-refractivity contribution in [1.82, 2.24) is 16.0 Å². The van der Waals surface area contributed by atoms with Crippen LogP contribution >= 0.6 is 0 Å². The van der Waals surface area contributed by atoms with Crippen molar-refractivity contribution in [3.8, 4) is 5.75 Å². The molecule has 0 aliphatic carbocycles. The molecule has 0 spiro atoms. The van der Waals surface area contributed by atoms with E-state index in [0.717, 1.165) is 0 Å². The highest BCUT2D eigenvalue weighted by Gasteiger charge is 2.29. The Kier molecular flexibility index (Phi) is 10.1. The molecule has 3 amide bonds. The third-order valence-electron chi connectivity index (χ3n) is 4.44. The number of carboxylic acid groups (broad SMARTS) is 2. The first kappa shape index (κ1) is 26.4. The number of phenolic OH excluding ortho intramolecular Hbond substituents is 1. The molecule has 32 heavy (non-hydrogen) atoms. The summed E-state index contributed by atoms with van der Waals surface area (Å²) in [5.41, 5.74) is 6.00. The minimum atomic E-state index is -1.48. The van der Waals surface area contributed by atoms with Gasteiger partial charge in [0, 0.05) is 12.8 Å². The summed E-state index contributed by atoms with van der Waals surface area (Å²) in [6.45, 7) is 2.82. The quantitative estimate of drug-likeness (QED) is 0.201. The van der Waals surface area contributed by atoms with Gasteiger partial charge in [-0.3, -0.25) is 19.2 Å². The summed E-state index contributed by atoms with van der Waals surface area (Å²) in [6.07, 6.45) is -0.888. The Morgan fingerprint density at radius 3 is 1.94 bits per heavy atom. The fourth-order valence-electron chi connectivity index (χ4n) is 2.58. The van der Waals surface area contributed by atoms with E-state index < -0.39 is 60.2 Å². The Morgan fingerprint density at radius 1 is 0.875 bits per heavy atom. The molecule has 4 atom stereocenters. The fourth-order valence-corrected chi connectivity index (χ4v) is 2.58. The molecule has 0 saturated carbocycles. The molecule has 0 aliphatic heterocycles. The van der Waals surface area contributed by atoms with Crippen LogP contribution in [0.4, 0.5) is 0 Å². The molecular formula is C20H28N4O8. The molecule has 1 rings (SSSR count). The van der Waals surface area contributed by atoms with Crippen LogP contribution < -0.4 is 21.7 Å². The highest BCUT2D eigenvalue weighted by Crippen LogP contribution is 2.12. The van der Waals surface area contributed by atoms with Gasteiger partial charge in [0.05, 0.1) is 6.04 Å². The van der Waals surface area contributed by atoms with Gasteiger partial charge >= 0.3 is 11.9 Å². The van der Waals surface area contributed by atoms with Crippen LogP contribution in [-0.2, 0) is 30.4 Å². The van der Waals surface area contributed by atoms with Crippen LogP contribution in [0, 0.1) is 0 Å². The SMILES string of the molecule is CC(N)C(=O)NC(C)C(=O)NC(Cc1ccc(O)cc1)C(=O)NC(CCC(=O)O)C(=O)O. The second-order valence-electron chi connectivity index (χ2n) is 7.28. The number of benzene rings is 1. The minimum Gasteiger partial charge on any atom is -0.508 e. The lowest BCUT2D eigenvalue weighted by molar-refractivity contribution is -0.143. The summed E-state index contributed by atoms with van der Waals surface area (Å²) in [6, 6.07) is 1.18. The number of phenols is 1. The van der Waals surface area contributed by atoms with E-state index in [-0.39, 0.29) is 18.6 Å². The van der Waals surface area contributed by atoms with Crippen LogP contribution in [0.25, 0.3) is 0 Å². The summed E-state index contributed by atoms with van der Waals surface area (Å²) in [4.78, 5) is 59.1. The summed E-state index contributed by atoms with van der Waals surface area (Å²) >= 11 is 0. The molecule has 176 valence electrons. The molecule has 0 saturated heterocycles. The number of rotatable bonds is 12. The Hall–Kier alpha value is -3.67. The maximum absolute atomic E-state index is 12.8. The maximum atomic E-state index is 12.8. The largest absolute Gasteiger partial charge is 0.508 e. The molecule has 0 bridgehead atoms. The fraction of sp³-hybridized carbons (Fsp3) is 0.450. The zero-order chi connectivity index (χ0) is 24.4. The number of carboxylic acids is 2. The third-order valence-corrected chi connectivity index (χ3v) is 4.44. The first-order chi connectivity index (χ1) is 14.9. The number of aliphatic carboxylic acids is 2. The van der Waals surface area contributed by atoms with Gasteiger partial charge in [0.15, 0.2) is 0 Å². The summed E-state index contributed by atoms with van der Waals surface area (Å²) in [7, 11) is 0. The molecule has 12 heteroatoms. The van der Waals surface area contributed by atoms with E-state index in [0.29, 0.717) is 5.56 Å². The van der Waals surface area contributed by atoms with Gasteiger partial charge in [-0.2, -0.15) is 0 Å². The van der Waals surface area contributed by atoms with Gasteiger partial charge in [-0.1, -0.05) is 12.1 Å². The molecule has 1 aromatic rings. The normalized spacial score (nSPS) is 14.3. The van der Waals surface area contributed by atoms with E-state index in [9.17, 15) is 34.2 Å². The van der Waals surface area contributed by atoms with Crippen LogP contribution in [0.1, 0.15) is 32.3 Å². The second kappa shape index (κ2) is 12.2. The highest BCUT2D eigenvalue weighted by atomic mass is 16.4. The lowest BCUT2D eigenvalue weighted by Crippen LogP contribution is -2.56. The van der Waals surface area contributed by atoms with Crippen molar-refractivity contribution >= 4 is 29.7 Å². The first-order valence-electron chi connectivity index (χ1n) is 9.80. The van der Waals surface area contributed by atoms with Gasteiger partial charge in [0.2, 0.25) is 17.7 Å². The zero-order valence-electron chi connectivity index (χ0n) is 17.7. The van der Waals surface area contributed by atoms with E-state index >= 15 is 0 Å². The smallest absolute Gasteiger partial charge is 0.326 e. The van der Waals surface area contributed by atoms with Crippen molar-refractivity contribution in [1.29, 1.82) is 0 Å². The molecule has 4 unspecified atom stereocenters. The first-order valence-corrected chi connectivity index (χ1v) is 9.80. The van der Waals surface area contributed by atoms with Crippen molar-refractivity contribution in [2.75, 3.05) is 0 Å². The van der Waals surface area contributed by atoms with Crippen LogP contribution in [-0.4, -0.2) is 69.1 Å². The van der Waals surface area contributed by atoms with Gasteiger partial charge in [-0.05, 0) is 38.0 Å². The van der Waals surface area contributed by atoms with Crippen LogP contribution in [0.3, 0.4) is 0 Å². The molecule has 0 fully saturated rings. The molecule has 0 radical (unpaired) electrons. The number of nitrogens with one attached hydrogen (secondary N) is 3. The topological polar surface area (TPSA) is 208 Å². The van der Waals surface area contributed by atoms with Crippen LogP contribution in [0.15, 0.2) is 24.3 Å². The molecule has 12 nitrogen and oxygen atoms in total. The number of hydrogen-bond donors (Lipinski definition) is 7. The van der Waals surface area contributed by atoms with Crippen molar-refractivity contribution in [3.05, 3.63) is 29.8 Å². The third kappa shape index (κ3) is 9.00. The van der Waals surface area contributed by atoms with Crippen LogP contribution in [0.2, 0.25) is 0 Å². The minimum absolute atomic E-state index is 0.00867. The Balaban J connectivity index is 2.99. The summed E-state index contributed by atoms with van der Waals surface area (Å²) < 4.78 is 0. The number of carbonyl (C=O) groups is 5. The standard InChI is InChI=1S/C20H28N4O8/c1-10(21)17(28)22-11(2)18(29)24-15(9-12-3-5-13(25)6-4-12)19(30)23-14(20(31)32)7-8-16(26)27/h3-6,10-11,14-15,25H,7-9,21H2,1-2H3,(H,22,28)(H,23,30)(H,24,29)(H,26,27)(H,31,32). The van der Waals surface area contributed by atoms with Gasteiger partial charge in [0.1, 0.15) is 23.9 Å². The predicted molar refractivity (Wildman–Crippen MR) is 111 cm³/mol. The maximum Gasteiger partial charge on any atom is 0.326 e. The molecule has 0 heterocycles. The molecule has 0 aliphatic rings. The van der Waals surface area contributed by atoms with E-state index in [1.54, 1.807) is 0 Å². The number of nitrogens with two attached hydrogens (primary N) is 1. The zero-order valence-corrected chi connectivity index (χ0v) is 17.7. The van der Waals surface area contributed by atoms with E-state index in [1.165, 1.54) is 38.1 Å². The van der Waals surface area contributed by atoms with Gasteiger partial charge in [-0.25, -0.2) is 4.79 Å². The summed E-state index contributed by atoms with van der Waals surface area (Å²) in [5.74, 6) is -4.80. The number of hydrogen-bond acceptors (Lipinski definition) is 7. The average Bonchev–Trinajstić information content (AvgIpc) is 2.71. The molecule has 8 N–H and O–H groups in total. The van der Waals surface area contributed by atoms with Gasteiger partial charge in [-0.15, -0.1) is 0 Å². The monoisotopic (exact) mass is 452 g/mol. The second-order valence-corrected chi connectivity index (χ2v) is 7.28. The van der Waals surface area contributed by atoms with E-state index in [2.05, 4.69) is 16.0 Å². The number of amides is 3. The van der Waals surface area contributed by atoms with E-state index in [4.69, 9.17) is 10.8 Å². The Bertz CT molecular complexity index is 841. The Labute approximate surface area is 184 Å². The molecular weight excluding hydrogens is 424 g/mol. The molecule has 0 aromatic heterocycles. The van der Waals surface area contributed by atoms with Crippen LogP contribution in [0.5, 0.6) is 5.75 Å². The van der Waals surface area contributed by atoms with Crippen molar-refractivity contribution in [2.24, 2.45) is 5.73 Å². The van der Waals surface area contributed by atoms with Crippen molar-refractivity contribution in [2.45, 2.75) is 57.3 Å². The number of carbonyl (C=O) groups excluding carboxylic acids is 3. The Morgan fingerprint density at radius 2 is 1.44 bits per heavy atom. The summed E-state index contributed by atoms with van der Waals surface area (Å²) in [5, 5.41) is 34.5. The highest BCUT2D eigenvalue weighted by molar-refractivity contribution is 5.94. The van der Waals surface area contributed by atoms with Crippen molar-refractivity contribution in [3.63, 3.8) is 0 Å². The average molecular weight is 452 g/mol. The van der Waals surface area contributed by atoms with Crippen molar-refractivity contribution < 1.29 is 39.3 Å².